The third kappa shape index (κ3) is 3.73. The molecule has 1 aromatic rings. The second kappa shape index (κ2) is 5.96. The summed E-state index contributed by atoms with van der Waals surface area (Å²) in [6.45, 7) is 6.33. The second-order valence-corrected chi connectivity index (χ2v) is 6.26. The molecule has 1 fully saturated rings. The van der Waals surface area contributed by atoms with Gasteiger partial charge in [-0.1, -0.05) is 25.5 Å². The van der Waals surface area contributed by atoms with E-state index in [1.165, 1.54) is 6.42 Å². The lowest BCUT2D eigenvalue weighted by molar-refractivity contribution is 0.0195. The Kier molecular flexibility index (Phi) is 4.51. The van der Waals surface area contributed by atoms with Gasteiger partial charge < -0.3 is 9.84 Å². The van der Waals surface area contributed by atoms with Crippen molar-refractivity contribution < 1.29 is 9.84 Å². The zero-order valence-electron chi connectivity index (χ0n) is 12.4. The van der Waals surface area contributed by atoms with Crippen molar-refractivity contribution in [3.05, 3.63) is 29.8 Å². The Morgan fingerprint density at radius 1 is 1.26 bits per heavy atom. The van der Waals surface area contributed by atoms with Gasteiger partial charge in [-0.15, -0.1) is 0 Å². The minimum absolute atomic E-state index is 0.166. The molecule has 0 spiro atoms. The van der Waals surface area contributed by atoms with Gasteiger partial charge in [0.15, 0.2) is 0 Å². The first-order valence-corrected chi connectivity index (χ1v) is 7.49. The van der Waals surface area contributed by atoms with Crippen molar-refractivity contribution in [1.82, 2.24) is 0 Å². The van der Waals surface area contributed by atoms with Crippen molar-refractivity contribution in [2.24, 2.45) is 5.92 Å². The molecule has 0 aliphatic heterocycles. The molecule has 2 nitrogen and oxygen atoms in total. The molecule has 0 bridgehead atoms. The monoisotopic (exact) mass is 262 g/mol. The van der Waals surface area contributed by atoms with Gasteiger partial charge in [0.05, 0.1) is 11.7 Å². The highest BCUT2D eigenvalue weighted by Crippen LogP contribution is 2.38. The fourth-order valence-electron chi connectivity index (χ4n) is 2.92. The van der Waals surface area contributed by atoms with E-state index in [9.17, 15) is 5.11 Å². The molecule has 1 saturated carbocycles. The number of ether oxygens (including phenoxy) is 1. The molecule has 1 aliphatic rings. The smallest absolute Gasteiger partial charge is 0.120 e. The molecule has 0 amide bonds. The highest BCUT2D eigenvalue weighted by atomic mass is 16.5. The summed E-state index contributed by atoms with van der Waals surface area (Å²) in [6.07, 6.45) is 5.32. The zero-order chi connectivity index (χ0) is 13.9. The molecule has 2 unspecified atom stereocenters. The third-order valence-corrected chi connectivity index (χ3v) is 4.08. The average Bonchev–Trinajstić information content (AvgIpc) is 2.52. The molecule has 106 valence electrons. The van der Waals surface area contributed by atoms with E-state index < -0.39 is 5.60 Å². The van der Waals surface area contributed by atoms with Crippen molar-refractivity contribution >= 4 is 0 Å². The maximum atomic E-state index is 10.9. The molecule has 1 aliphatic carbocycles. The first-order chi connectivity index (χ1) is 8.99. The van der Waals surface area contributed by atoms with Gasteiger partial charge in [-0.3, -0.25) is 0 Å². The Morgan fingerprint density at radius 3 is 2.79 bits per heavy atom. The number of hydrogen-bond acceptors (Lipinski definition) is 2. The van der Waals surface area contributed by atoms with Crippen LogP contribution in [-0.2, 0) is 5.60 Å². The fraction of sp³-hybridized carbons (Fsp3) is 0.647. The zero-order valence-corrected chi connectivity index (χ0v) is 12.4. The van der Waals surface area contributed by atoms with Gasteiger partial charge >= 0.3 is 0 Å². The van der Waals surface area contributed by atoms with Crippen LogP contribution >= 0.6 is 0 Å². The Labute approximate surface area is 116 Å². The van der Waals surface area contributed by atoms with Crippen LogP contribution in [-0.4, -0.2) is 11.2 Å². The largest absolute Gasteiger partial charge is 0.491 e. The van der Waals surface area contributed by atoms with Crippen LogP contribution in [0.5, 0.6) is 5.75 Å². The molecule has 0 aromatic heterocycles. The summed E-state index contributed by atoms with van der Waals surface area (Å²) >= 11 is 0. The summed E-state index contributed by atoms with van der Waals surface area (Å²) < 4.78 is 5.73. The van der Waals surface area contributed by atoms with Crippen LogP contribution in [0.2, 0.25) is 0 Å². The van der Waals surface area contributed by atoms with Crippen molar-refractivity contribution in [2.75, 3.05) is 0 Å². The molecule has 2 heteroatoms. The van der Waals surface area contributed by atoms with E-state index >= 15 is 0 Å². The van der Waals surface area contributed by atoms with Gasteiger partial charge in [-0.05, 0) is 63.1 Å². The molecular formula is C17H26O2. The highest BCUT2D eigenvalue weighted by Gasteiger charge is 2.31. The van der Waals surface area contributed by atoms with Crippen molar-refractivity contribution in [1.29, 1.82) is 0 Å². The van der Waals surface area contributed by atoms with E-state index in [-0.39, 0.29) is 6.10 Å². The maximum Gasteiger partial charge on any atom is 0.120 e. The molecule has 0 heterocycles. The van der Waals surface area contributed by atoms with E-state index in [4.69, 9.17) is 4.74 Å². The minimum atomic E-state index is -0.666. The number of hydrogen-bond donors (Lipinski definition) is 1. The molecule has 19 heavy (non-hydrogen) atoms. The Hall–Kier alpha value is -1.02. The lowest BCUT2D eigenvalue weighted by Crippen LogP contribution is -2.24. The second-order valence-electron chi connectivity index (χ2n) is 6.26. The summed E-state index contributed by atoms with van der Waals surface area (Å²) in [5.41, 5.74) is 0.348. The quantitative estimate of drug-likeness (QED) is 0.825. The first-order valence-electron chi connectivity index (χ1n) is 7.49. The summed E-state index contributed by atoms with van der Waals surface area (Å²) in [7, 11) is 0. The van der Waals surface area contributed by atoms with Crippen LogP contribution in [0.1, 0.15) is 58.4 Å². The molecule has 1 N–H and O–H groups in total. The number of aliphatic hydroxyl groups is 1. The standard InChI is InChI=1S/C17H26O2/c1-13(2)19-16-8-4-7-15(12-16)17(18)10-5-6-14(3)9-11-17/h4,7-8,12-14,18H,5-6,9-11H2,1-3H3. The molecule has 1 aromatic carbocycles. The molecule has 2 atom stereocenters. The van der Waals surface area contributed by atoms with Crippen LogP contribution in [0.3, 0.4) is 0 Å². The van der Waals surface area contributed by atoms with E-state index in [2.05, 4.69) is 6.92 Å². The van der Waals surface area contributed by atoms with E-state index in [0.29, 0.717) is 0 Å². The first kappa shape index (κ1) is 14.4. The summed E-state index contributed by atoms with van der Waals surface area (Å²) in [4.78, 5) is 0. The molecule has 2 rings (SSSR count). The van der Waals surface area contributed by atoms with Gasteiger partial charge in [0.2, 0.25) is 0 Å². The van der Waals surface area contributed by atoms with Crippen molar-refractivity contribution in [2.45, 2.75) is 64.6 Å². The van der Waals surface area contributed by atoms with Gasteiger partial charge in [0.25, 0.3) is 0 Å². The number of rotatable bonds is 3. The summed E-state index contributed by atoms with van der Waals surface area (Å²) in [5, 5.41) is 10.9. The predicted octanol–water partition coefficient (Wildman–Crippen LogP) is 4.26. The van der Waals surface area contributed by atoms with Gasteiger partial charge in [0.1, 0.15) is 5.75 Å². The van der Waals surface area contributed by atoms with Crippen LogP contribution < -0.4 is 4.74 Å². The predicted molar refractivity (Wildman–Crippen MR) is 78.4 cm³/mol. The Morgan fingerprint density at radius 2 is 2.05 bits per heavy atom. The Bertz CT molecular complexity index is 413. The maximum absolute atomic E-state index is 10.9. The van der Waals surface area contributed by atoms with Crippen LogP contribution in [0.15, 0.2) is 24.3 Å². The summed E-state index contributed by atoms with van der Waals surface area (Å²) in [6, 6.07) is 7.99. The minimum Gasteiger partial charge on any atom is -0.491 e. The van der Waals surface area contributed by atoms with Crippen molar-refractivity contribution in [3.8, 4) is 5.75 Å². The van der Waals surface area contributed by atoms with Crippen LogP contribution in [0.25, 0.3) is 0 Å². The van der Waals surface area contributed by atoms with Gasteiger partial charge in [-0.25, -0.2) is 0 Å². The SMILES string of the molecule is CC1CCCC(O)(c2cccc(OC(C)C)c2)CC1. The van der Waals surface area contributed by atoms with E-state index in [0.717, 1.165) is 42.9 Å². The lowest BCUT2D eigenvalue weighted by Gasteiger charge is -2.28. The normalized spacial score (nSPS) is 28.2. The summed E-state index contributed by atoms with van der Waals surface area (Å²) in [5.74, 6) is 1.59. The van der Waals surface area contributed by atoms with E-state index in [1.54, 1.807) is 0 Å². The molecule has 0 radical (unpaired) electrons. The van der Waals surface area contributed by atoms with Crippen molar-refractivity contribution in [3.63, 3.8) is 0 Å². The topological polar surface area (TPSA) is 29.5 Å². The van der Waals surface area contributed by atoms with E-state index in [1.807, 2.05) is 38.1 Å². The van der Waals surface area contributed by atoms with Crippen LogP contribution in [0.4, 0.5) is 0 Å². The lowest BCUT2D eigenvalue weighted by atomic mass is 9.86. The van der Waals surface area contributed by atoms with Gasteiger partial charge in [0, 0.05) is 0 Å². The molecular weight excluding hydrogens is 236 g/mol. The van der Waals surface area contributed by atoms with Gasteiger partial charge in [-0.2, -0.15) is 0 Å². The van der Waals surface area contributed by atoms with Crippen LogP contribution in [0, 0.1) is 5.92 Å². The highest BCUT2D eigenvalue weighted by molar-refractivity contribution is 5.32. The number of benzene rings is 1. The average molecular weight is 262 g/mol. The molecule has 0 saturated heterocycles. The Balaban J connectivity index is 2.19. The third-order valence-electron chi connectivity index (χ3n) is 4.08. The fourth-order valence-corrected chi connectivity index (χ4v) is 2.92.